The number of hydrogen-bond donors (Lipinski definition) is 1. The third-order valence-electron chi connectivity index (χ3n) is 3.75. The van der Waals surface area contributed by atoms with E-state index in [0.29, 0.717) is 25.6 Å². The van der Waals surface area contributed by atoms with E-state index in [1.165, 1.54) is 10.5 Å². The molecule has 0 unspecified atom stereocenters. The second-order valence-corrected chi connectivity index (χ2v) is 7.77. The van der Waals surface area contributed by atoms with Crippen LogP contribution in [0.4, 0.5) is 10.1 Å². The molecule has 8 heteroatoms. The summed E-state index contributed by atoms with van der Waals surface area (Å²) in [5.74, 6) is -0.0428. The minimum absolute atomic E-state index is 0.133. The zero-order valence-corrected chi connectivity index (χ0v) is 13.4. The highest BCUT2D eigenvalue weighted by Crippen LogP contribution is 2.25. The molecule has 118 valence electrons. The normalized spacial score (nSPS) is 17.9. The van der Waals surface area contributed by atoms with E-state index in [2.05, 4.69) is 10.3 Å². The highest BCUT2D eigenvalue weighted by Gasteiger charge is 2.26. The molecule has 0 radical (unpaired) electrons. The fourth-order valence-electron chi connectivity index (χ4n) is 2.40. The summed E-state index contributed by atoms with van der Waals surface area (Å²) in [4.78, 5) is 3.67. The number of sulfonamides is 1. The molecule has 1 aliphatic rings. The second kappa shape index (κ2) is 6.89. The van der Waals surface area contributed by atoms with Crippen LogP contribution in [0.25, 0.3) is 0 Å². The molecule has 1 saturated heterocycles. The molecule has 2 heterocycles. The van der Waals surface area contributed by atoms with Crippen LogP contribution < -0.4 is 5.32 Å². The van der Waals surface area contributed by atoms with Crippen molar-refractivity contribution < 1.29 is 12.8 Å². The molecular formula is C13H19ClFN3O2S. The van der Waals surface area contributed by atoms with E-state index in [9.17, 15) is 12.8 Å². The van der Waals surface area contributed by atoms with Crippen molar-refractivity contribution in [2.24, 2.45) is 5.92 Å². The zero-order chi connectivity index (χ0) is 15.5. The molecule has 0 spiro atoms. The predicted molar refractivity (Wildman–Crippen MR) is 81.5 cm³/mol. The molecule has 2 rings (SSSR count). The van der Waals surface area contributed by atoms with Gasteiger partial charge in [-0.05, 0) is 25.7 Å². The summed E-state index contributed by atoms with van der Waals surface area (Å²) in [7, 11) is -3.10. The van der Waals surface area contributed by atoms with Crippen LogP contribution in [0.15, 0.2) is 12.4 Å². The Kier molecular flexibility index (Phi) is 5.40. The van der Waals surface area contributed by atoms with Gasteiger partial charge < -0.3 is 5.32 Å². The number of hydrogen-bond acceptors (Lipinski definition) is 4. The molecule has 0 aromatic carbocycles. The van der Waals surface area contributed by atoms with Crippen molar-refractivity contribution in [3.63, 3.8) is 0 Å². The summed E-state index contributed by atoms with van der Waals surface area (Å²) in [6, 6.07) is 0. The third kappa shape index (κ3) is 4.05. The number of nitrogens with one attached hydrogen (secondary N) is 1. The van der Waals surface area contributed by atoms with E-state index in [1.807, 2.05) is 0 Å². The molecule has 0 bridgehead atoms. The number of pyridine rings is 1. The monoisotopic (exact) mass is 335 g/mol. The molecule has 5 nitrogen and oxygen atoms in total. The summed E-state index contributed by atoms with van der Waals surface area (Å²) in [5.41, 5.74) is 0.260. The van der Waals surface area contributed by atoms with Gasteiger partial charge in [0.25, 0.3) is 0 Å². The van der Waals surface area contributed by atoms with Crippen molar-refractivity contribution in [1.82, 2.24) is 9.29 Å². The Morgan fingerprint density at radius 3 is 2.67 bits per heavy atom. The van der Waals surface area contributed by atoms with Crippen LogP contribution in [-0.2, 0) is 10.0 Å². The molecule has 1 aliphatic heterocycles. The minimum Gasteiger partial charge on any atom is -0.381 e. The summed E-state index contributed by atoms with van der Waals surface area (Å²) in [5, 5.41) is 3.25. The Morgan fingerprint density at radius 2 is 2.10 bits per heavy atom. The van der Waals surface area contributed by atoms with Crippen LogP contribution in [0, 0.1) is 11.7 Å². The first kappa shape index (κ1) is 16.5. The number of anilines is 1. The number of halogens is 2. The molecular weight excluding hydrogens is 317 g/mol. The van der Waals surface area contributed by atoms with Gasteiger partial charge in [-0.15, -0.1) is 0 Å². The van der Waals surface area contributed by atoms with Gasteiger partial charge in [-0.3, -0.25) is 4.98 Å². The van der Waals surface area contributed by atoms with Crippen molar-refractivity contribution in [3.8, 4) is 0 Å². The molecule has 0 aliphatic carbocycles. The number of piperidine rings is 1. The Hall–Kier alpha value is -0.920. The molecule has 0 saturated carbocycles. The summed E-state index contributed by atoms with van der Waals surface area (Å²) >= 11 is 5.90. The number of rotatable bonds is 5. The summed E-state index contributed by atoms with van der Waals surface area (Å²) < 4.78 is 38.6. The van der Waals surface area contributed by atoms with Gasteiger partial charge in [0, 0.05) is 25.8 Å². The van der Waals surface area contributed by atoms with Crippen molar-refractivity contribution in [2.75, 3.05) is 30.7 Å². The smallest absolute Gasteiger partial charge is 0.213 e. The average Bonchev–Trinajstić information content (AvgIpc) is 2.47. The Bertz CT molecular complexity index is 569. The van der Waals surface area contributed by atoms with E-state index < -0.39 is 15.8 Å². The SMILES string of the molecule is CCS(=O)(=O)N1CCC(CNc2c(F)cncc2Cl)CC1. The number of nitrogens with zero attached hydrogens (tertiary/aromatic N) is 2. The van der Waals surface area contributed by atoms with Crippen molar-refractivity contribution in [3.05, 3.63) is 23.2 Å². The van der Waals surface area contributed by atoms with Crippen LogP contribution in [0.5, 0.6) is 0 Å². The van der Waals surface area contributed by atoms with Crippen molar-refractivity contribution in [2.45, 2.75) is 19.8 Å². The third-order valence-corrected chi connectivity index (χ3v) is 5.92. The molecule has 1 fully saturated rings. The first-order valence-electron chi connectivity index (χ1n) is 6.94. The second-order valence-electron chi connectivity index (χ2n) is 5.10. The van der Waals surface area contributed by atoms with Crippen LogP contribution in [-0.4, -0.2) is 43.1 Å². The van der Waals surface area contributed by atoms with Gasteiger partial charge in [0.05, 0.1) is 22.7 Å². The zero-order valence-electron chi connectivity index (χ0n) is 11.8. The summed E-state index contributed by atoms with van der Waals surface area (Å²) in [6.45, 7) is 3.27. The molecule has 21 heavy (non-hydrogen) atoms. The van der Waals surface area contributed by atoms with Crippen molar-refractivity contribution >= 4 is 27.3 Å². The van der Waals surface area contributed by atoms with Crippen LogP contribution >= 0.6 is 11.6 Å². The van der Waals surface area contributed by atoms with Gasteiger partial charge in [0.1, 0.15) is 0 Å². The highest BCUT2D eigenvalue weighted by atomic mass is 35.5. The van der Waals surface area contributed by atoms with Crippen LogP contribution in [0.1, 0.15) is 19.8 Å². The first-order chi connectivity index (χ1) is 9.94. The van der Waals surface area contributed by atoms with E-state index in [0.717, 1.165) is 19.0 Å². The Labute approximate surface area is 129 Å². The van der Waals surface area contributed by atoms with Gasteiger partial charge in [-0.2, -0.15) is 0 Å². The first-order valence-corrected chi connectivity index (χ1v) is 8.93. The van der Waals surface area contributed by atoms with E-state index in [4.69, 9.17) is 11.6 Å². The van der Waals surface area contributed by atoms with Gasteiger partial charge in [-0.25, -0.2) is 17.1 Å². The average molecular weight is 336 g/mol. The lowest BCUT2D eigenvalue weighted by Gasteiger charge is -2.31. The lowest BCUT2D eigenvalue weighted by atomic mass is 9.98. The lowest BCUT2D eigenvalue weighted by Crippen LogP contribution is -2.40. The maximum Gasteiger partial charge on any atom is 0.213 e. The standard InChI is InChI=1S/C13H19ClFN3O2S/c1-2-21(19,20)18-5-3-10(4-6-18)7-17-13-11(14)8-16-9-12(13)15/h8-10H,2-7H2,1H3,(H,16,17). The van der Waals surface area contributed by atoms with Gasteiger partial charge in [-0.1, -0.05) is 11.6 Å². The minimum atomic E-state index is -3.10. The largest absolute Gasteiger partial charge is 0.381 e. The summed E-state index contributed by atoms with van der Waals surface area (Å²) in [6.07, 6.45) is 4.03. The van der Waals surface area contributed by atoms with Crippen LogP contribution in [0.3, 0.4) is 0 Å². The molecule has 1 aromatic rings. The van der Waals surface area contributed by atoms with Gasteiger partial charge in [0.2, 0.25) is 10.0 Å². The topological polar surface area (TPSA) is 62.3 Å². The maximum absolute atomic E-state index is 13.6. The molecule has 1 aromatic heterocycles. The molecule has 1 N–H and O–H groups in total. The van der Waals surface area contributed by atoms with E-state index >= 15 is 0 Å². The lowest BCUT2D eigenvalue weighted by molar-refractivity contribution is 0.282. The molecule has 0 amide bonds. The predicted octanol–water partition coefficient (Wildman–Crippen LogP) is 2.35. The maximum atomic E-state index is 13.6. The van der Waals surface area contributed by atoms with Gasteiger partial charge >= 0.3 is 0 Å². The fourth-order valence-corrected chi connectivity index (χ4v) is 3.75. The highest BCUT2D eigenvalue weighted by molar-refractivity contribution is 7.89. The van der Waals surface area contributed by atoms with Crippen LogP contribution in [0.2, 0.25) is 5.02 Å². The van der Waals surface area contributed by atoms with E-state index in [-0.39, 0.29) is 16.5 Å². The Balaban J connectivity index is 1.87. The Morgan fingerprint density at radius 1 is 1.43 bits per heavy atom. The fraction of sp³-hybridized carbons (Fsp3) is 0.615. The van der Waals surface area contributed by atoms with Crippen molar-refractivity contribution in [1.29, 1.82) is 0 Å². The molecule has 0 atom stereocenters. The number of aromatic nitrogens is 1. The van der Waals surface area contributed by atoms with E-state index in [1.54, 1.807) is 6.92 Å². The van der Waals surface area contributed by atoms with Gasteiger partial charge in [0.15, 0.2) is 5.82 Å². The quantitative estimate of drug-likeness (QED) is 0.897.